The van der Waals surface area contributed by atoms with Crippen LogP contribution in [0.25, 0.3) is 10.9 Å². The quantitative estimate of drug-likeness (QED) is 0.227. The zero-order valence-corrected chi connectivity index (χ0v) is 19.6. The molecule has 0 saturated heterocycles. The van der Waals surface area contributed by atoms with Crippen molar-refractivity contribution in [3.05, 3.63) is 69.9 Å². The second-order valence-corrected chi connectivity index (χ2v) is 8.42. The Morgan fingerprint density at radius 3 is 2.12 bits per heavy atom. The van der Waals surface area contributed by atoms with Crippen molar-refractivity contribution in [1.82, 2.24) is 4.98 Å². The normalized spacial score (nSPS) is 11.6. The molecule has 34 heavy (non-hydrogen) atoms. The summed E-state index contributed by atoms with van der Waals surface area (Å²) in [5.74, 6) is -6.23. The Balaban J connectivity index is 2.36. The molecule has 8 nitrogen and oxygen atoms in total. The average molecular weight is 486 g/mol. The zero-order valence-electron chi connectivity index (χ0n) is 18.8. The number of rotatable bonds is 9. The van der Waals surface area contributed by atoms with Crippen molar-refractivity contribution in [1.29, 1.82) is 0 Å². The van der Waals surface area contributed by atoms with Crippen molar-refractivity contribution < 1.29 is 34.1 Å². The molecule has 0 radical (unpaired) electrons. The summed E-state index contributed by atoms with van der Waals surface area (Å²) in [5.41, 5.74) is -2.64. The highest BCUT2D eigenvalue weighted by Crippen LogP contribution is 2.39. The number of ketones is 1. The van der Waals surface area contributed by atoms with E-state index in [0.717, 1.165) is 5.56 Å². The van der Waals surface area contributed by atoms with Crippen LogP contribution in [0.3, 0.4) is 0 Å². The maximum Gasteiger partial charge on any atom is 0.365 e. The van der Waals surface area contributed by atoms with Crippen LogP contribution in [0.15, 0.2) is 42.5 Å². The highest BCUT2D eigenvalue weighted by molar-refractivity contribution is 6.31. The topological polar surface area (TPSA) is 134 Å². The molecule has 0 spiro atoms. The Bertz CT molecular complexity index is 1260. The minimum absolute atomic E-state index is 0.0852. The fourth-order valence-electron chi connectivity index (χ4n) is 3.85. The van der Waals surface area contributed by atoms with Crippen molar-refractivity contribution in [3.8, 4) is 0 Å². The molecule has 178 valence electrons. The van der Waals surface area contributed by atoms with Crippen LogP contribution in [-0.4, -0.2) is 38.9 Å². The van der Waals surface area contributed by atoms with E-state index in [-0.39, 0.29) is 27.2 Å². The lowest BCUT2D eigenvalue weighted by atomic mass is 9.88. The fraction of sp³-hybridized carbons (Fsp3) is 0.280. The highest BCUT2D eigenvalue weighted by atomic mass is 35.5. The van der Waals surface area contributed by atoms with Gasteiger partial charge >= 0.3 is 23.5 Å². The lowest BCUT2D eigenvalue weighted by Crippen LogP contribution is -2.49. The van der Waals surface area contributed by atoms with Crippen LogP contribution in [-0.2, 0) is 24.7 Å². The number of aromatic nitrogens is 1. The lowest BCUT2D eigenvalue weighted by Gasteiger charge is -2.27. The molecule has 1 heterocycles. The molecule has 0 atom stereocenters. The van der Waals surface area contributed by atoms with Crippen LogP contribution < -0.4 is 0 Å². The number of ether oxygens (including phenoxy) is 1. The van der Waals surface area contributed by atoms with Gasteiger partial charge in [-0.3, -0.25) is 9.59 Å². The summed E-state index contributed by atoms with van der Waals surface area (Å²) >= 11 is 6.07. The second kappa shape index (κ2) is 9.69. The number of hydrogen-bond donors (Lipinski definition) is 3. The van der Waals surface area contributed by atoms with Gasteiger partial charge in [0, 0.05) is 21.5 Å². The Morgan fingerprint density at radius 2 is 1.59 bits per heavy atom. The van der Waals surface area contributed by atoms with Gasteiger partial charge in [-0.05, 0) is 31.9 Å². The number of aliphatic carboxylic acids is 2. The third-order valence-corrected chi connectivity index (χ3v) is 6.06. The number of carboxylic acid groups (broad SMARTS) is 2. The number of carboxylic acids is 2. The molecular weight excluding hydrogens is 462 g/mol. The molecule has 3 aromatic rings. The number of aryl methyl sites for hydroxylation is 1. The Morgan fingerprint density at radius 1 is 1.00 bits per heavy atom. The summed E-state index contributed by atoms with van der Waals surface area (Å²) in [6.07, 6.45) is 0.645. The SMILES string of the molecule is CCC(CC)C(=O)OC(C(=O)O)(C(=O)O)c1c(C(=O)c2ccc(C)cc2)[nH]c2cc(Cl)ccc12. The number of fused-ring (bicyclic) bond motifs is 1. The van der Waals surface area contributed by atoms with Crippen molar-refractivity contribution in [2.75, 3.05) is 0 Å². The number of benzene rings is 2. The van der Waals surface area contributed by atoms with Crippen LogP contribution >= 0.6 is 11.6 Å². The second-order valence-electron chi connectivity index (χ2n) is 7.99. The molecule has 9 heteroatoms. The minimum atomic E-state index is -3.17. The molecule has 0 saturated carbocycles. The van der Waals surface area contributed by atoms with Crippen molar-refractivity contribution in [3.63, 3.8) is 0 Å². The molecule has 0 amide bonds. The first-order chi connectivity index (χ1) is 16.1. The summed E-state index contributed by atoms with van der Waals surface area (Å²) in [6, 6.07) is 10.7. The van der Waals surface area contributed by atoms with E-state index in [4.69, 9.17) is 16.3 Å². The first kappa shape index (κ1) is 25.0. The summed E-state index contributed by atoms with van der Waals surface area (Å²) in [6.45, 7) is 5.25. The van der Waals surface area contributed by atoms with E-state index in [1.807, 2.05) is 6.92 Å². The van der Waals surface area contributed by atoms with Gasteiger partial charge in [0.1, 0.15) is 0 Å². The van der Waals surface area contributed by atoms with Crippen LogP contribution in [0.2, 0.25) is 5.02 Å². The molecule has 3 N–H and O–H groups in total. The van der Waals surface area contributed by atoms with E-state index >= 15 is 0 Å². The maximum absolute atomic E-state index is 13.5. The molecule has 0 unspecified atom stereocenters. The summed E-state index contributed by atoms with van der Waals surface area (Å²) in [7, 11) is 0. The van der Waals surface area contributed by atoms with Gasteiger partial charge < -0.3 is 19.9 Å². The Kier molecular flexibility index (Phi) is 7.12. The minimum Gasteiger partial charge on any atom is -0.478 e. The van der Waals surface area contributed by atoms with Crippen LogP contribution in [0, 0.1) is 12.8 Å². The molecule has 1 aromatic heterocycles. The fourth-order valence-corrected chi connectivity index (χ4v) is 4.03. The van der Waals surface area contributed by atoms with Crippen molar-refractivity contribution in [2.24, 2.45) is 5.92 Å². The number of H-pyrrole nitrogens is 1. The third kappa shape index (κ3) is 4.28. The van der Waals surface area contributed by atoms with Gasteiger partial charge in [0.05, 0.1) is 17.2 Å². The van der Waals surface area contributed by atoms with Gasteiger partial charge in [-0.15, -0.1) is 0 Å². The van der Waals surface area contributed by atoms with Gasteiger partial charge in [-0.25, -0.2) is 9.59 Å². The number of aromatic amines is 1. The first-order valence-corrected chi connectivity index (χ1v) is 11.1. The number of carbonyl (C=O) groups is 4. The largest absolute Gasteiger partial charge is 0.478 e. The number of nitrogens with one attached hydrogen (secondary N) is 1. The average Bonchev–Trinajstić information content (AvgIpc) is 3.16. The van der Waals surface area contributed by atoms with Gasteiger partial charge in [0.15, 0.2) is 0 Å². The molecule has 0 aliphatic rings. The van der Waals surface area contributed by atoms with E-state index in [1.165, 1.54) is 18.2 Å². The molecule has 2 aromatic carbocycles. The van der Waals surface area contributed by atoms with E-state index in [0.29, 0.717) is 12.8 Å². The molecule has 0 bridgehead atoms. The maximum atomic E-state index is 13.5. The smallest absolute Gasteiger partial charge is 0.365 e. The number of carbonyl (C=O) groups excluding carboxylic acids is 2. The number of esters is 1. The molecule has 0 fully saturated rings. The van der Waals surface area contributed by atoms with E-state index in [2.05, 4.69) is 4.98 Å². The standard InChI is InChI=1S/C25H24ClNO7/c1-4-14(5-2)22(29)34-25(23(30)31,24(32)33)19-17-11-10-16(26)12-18(17)27-20(19)21(28)15-8-6-13(3)7-9-15/h6-12,14,27H,4-5H2,1-3H3,(H,30,31)(H,32,33). The monoisotopic (exact) mass is 485 g/mol. The Hall–Kier alpha value is -3.65. The van der Waals surface area contributed by atoms with E-state index in [1.54, 1.807) is 38.1 Å². The third-order valence-electron chi connectivity index (χ3n) is 5.83. The lowest BCUT2D eigenvalue weighted by molar-refractivity contribution is -0.194. The number of hydrogen-bond acceptors (Lipinski definition) is 5. The van der Waals surface area contributed by atoms with Crippen LogP contribution in [0.4, 0.5) is 0 Å². The first-order valence-electron chi connectivity index (χ1n) is 10.7. The number of halogens is 1. The summed E-state index contributed by atoms with van der Waals surface area (Å²) in [4.78, 5) is 54.2. The van der Waals surface area contributed by atoms with Gasteiger partial charge in [0.25, 0.3) is 0 Å². The molecular formula is C25H24ClNO7. The molecule has 3 rings (SSSR count). The van der Waals surface area contributed by atoms with Crippen LogP contribution in [0.1, 0.15) is 53.9 Å². The molecule has 0 aliphatic carbocycles. The van der Waals surface area contributed by atoms with E-state index in [9.17, 15) is 29.4 Å². The Labute approximate surface area is 200 Å². The van der Waals surface area contributed by atoms with Gasteiger partial charge in [-0.1, -0.05) is 61.3 Å². The highest BCUT2D eigenvalue weighted by Gasteiger charge is 2.56. The molecule has 0 aliphatic heterocycles. The summed E-state index contributed by atoms with van der Waals surface area (Å²) in [5, 5.41) is 20.7. The predicted molar refractivity (Wildman–Crippen MR) is 125 cm³/mol. The van der Waals surface area contributed by atoms with Gasteiger partial charge in [-0.2, -0.15) is 0 Å². The zero-order chi connectivity index (χ0) is 25.2. The van der Waals surface area contributed by atoms with Crippen LogP contribution in [0.5, 0.6) is 0 Å². The van der Waals surface area contributed by atoms with E-state index < -0.39 is 40.8 Å². The predicted octanol–water partition coefficient (Wildman–Crippen LogP) is 4.70. The van der Waals surface area contributed by atoms with Gasteiger partial charge in [0.2, 0.25) is 5.78 Å². The summed E-state index contributed by atoms with van der Waals surface area (Å²) < 4.78 is 5.29. The van der Waals surface area contributed by atoms with Crippen molar-refractivity contribution in [2.45, 2.75) is 39.2 Å². The van der Waals surface area contributed by atoms with Crippen molar-refractivity contribution >= 4 is 46.2 Å².